The van der Waals surface area contributed by atoms with E-state index in [0.29, 0.717) is 16.5 Å². The Balaban J connectivity index is 1.49. The fraction of sp³-hybridized carbons (Fsp3) is 0.136. The first kappa shape index (κ1) is 20.8. The van der Waals surface area contributed by atoms with Crippen LogP contribution in [0, 0.1) is 0 Å². The lowest BCUT2D eigenvalue weighted by Gasteiger charge is -2.07. The molecule has 0 atom stereocenters. The number of furan rings is 1. The molecule has 0 bridgehead atoms. The first-order valence-corrected chi connectivity index (χ1v) is 10.3. The Bertz CT molecular complexity index is 1170. The van der Waals surface area contributed by atoms with Gasteiger partial charge in [-0.1, -0.05) is 42.1 Å². The van der Waals surface area contributed by atoms with E-state index in [9.17, 15) is 13.6 Å². The fourth-order valence-electron chi connectivity index (χ4n) is 2.97. The minimum Gasteiger partial charge on any atom is -0.451 e. The zero-order chi connectivity index (χ0) is 21.6. The van der Waals surface area contributed by atoms with Crippen molar-refractivity contribution < 1.29 is 22.7 Å². The highest BCUT2D eigenvalue weighted by Crippen LogP contribution is 2.31. The molecule has 6 nitrogen and oxygen atoms in total. The first-order valence-electron chi connectivity index (χ1n) is 9.32. The maximum absolute atomic E-state index is 12.9. The number of hydrogen-bond acceptors (Lipinski definition) is 6. The van der Waals surface area contributed by atoms with Crippen LogP contribution < -0.4 is 10.1 Å². The van der Waals surface area contributed by atoms with Crippen molar-refractivity contribution >= 4 is 28.6 Å². The van der Waals surface area contributed by atoms with Crippen molar-refractivity contribution in [3.8, 4) is 5.75 Å². The molecule has 1 N–H and O–H groups in total. The van der Waals surface area contributed by atoms with Gasteiger partial charge in [0.25, 0.3) is 5.91 Å². The first-order chi connectivity index (χ1) is 15.1. The molecule has 0 radical (unpaired) electrons. The van der Waals surface area contributed by atoms with Gasteiger partial charge in [0.2, 0.25) is 0 Å². The minimum absolute atomic E-state index is 0.0600. The number of benzene rings is 2. The number of carbonyl (C=O) groups excluding carboxylic acids is 1. The molecule has 1 amide bonds. The fourth-order valence-corrected chi connectivity index (χ4v) is 3.80. The van der Waals surface area contributed by atoms with E-state index in [1.165, 1.54) is 23.9 Å². The van der Waals surface area contributed by atoms with Gasteiger partial charge in [-0.2, -0.15) is 8.78 Å². The van der Waals surface area contributed by atoms with E-state index in [0.717, 1.165) is 16.5 Å². The van der Waals surface area contributed by atoms with Crippen molar-refractivity contribution in [3.05, 3.63) is 83.9 Å². The third-order valence-corrected chi connectivity index (χ3v) is 5.30. The molecule has 0 fully saturated rings. The van der Waals surface area contributed by atoms with Crippen LogP contribution in [-0.4, -0.2) is 22.5 Å². The zero-order valence-corrected chi connectivity index (χ0v) is 16.9. The summed E-state index contributed by atoms with van der Waals surface area (Å²) in [6, 6.07) is 15.2. The number of rotatable bonds is 8. The molecular weight excluding hydrogens is 424 g/mol. The second-order valence-corrected chi connectivity index (χ2v) is 7.37. The summed E-state index contributed by atoms with van der Waals surface area (Å²) in [5.41, 5.74) is 2.11. The number of carbonyl (C=O) groups is 1. The van der Waals surface area contributed by atoms with Crippen LogP contribution in [0.2, 0.25) is 0 Å². The van der Waals surface area contributed by atoms with Crippen LogP contribution in [0.25, 0.3) is 11.0 Å². The molecule has 9 heteroatoms. The van der Waals surface area contributed by atoms with Crippen molar-refractivity contribution in [2.24, 2.45) is 0 Å². The molecule has 0 aliphatic heterocycles. The van der Waals surface area contributed by atoms with Crippen LogP contribution in [0.5, 0.6) is 5.75 Å². The van der Waals surface area contributed by atoms with Gasteiger partial charge >= 0.3 is 6.61 Å². The molecule has 0 saturated carbocycles. The van der Waals surface area contributed by atoms with Crippen LogP contribution in [0.1, 0.15) is 21.7 Å². The SMILES string of the molecule is O=C(NCc1ccc(OC(F)F)cc1)c1oc2ccccc2c1CSc1ncccn1. The number of amides is 1. The van der Waals surface area contributed by atoms with Crippen LogP contribution in [0.15, 0.2) is 76.6 Å². The Kier molecular flexibility index (Phi) is 6.42. The van der Waals surface area contributed by atoms with Crippen molar-refractivity contribution in [3.63, 3.8) is 0 Å². The summed E-state index contributed by atoms with van der Waals surface area (Å²) in [6.07, 6.45) is 3.32. The Morgan fingerprint density at radius 1 is 1.06 bits per heavy atom. The topological polar surface area (TPSA) is 77.2 Å². The van der Waals surface area contributed by atoms with E-state index < -0.39 is 6.61 Å². The summed E-state index contributed by atoms with van der Waals surface area (Å²) in [5, 5.41) is 4.27. The molecule has 158 valence electrons. The lowest BCUT2D eigenvalue weighted by molar-refractivity contribution is -0.0498. The van der Waals surface area contributed by atoms with E-state index in [1.807, 2.05) is 18.2 Å². The third kappa shape index (κ3) is 5.18. The molecule has 4 rings (SSSR count). The van der Waals surface area contributed by atoms with E-state index >= 15 is 0 Å². The Hall–Kier alpha value is -3.46. The number of halogens is 2. The van der Waals surface area contributed by atoms with Crippen molar-refractivity contribution in [2.75, 3.05) is 0 Å². The van der Waals surface area contributed by atoms with Gasteiger partial charge in [0, 0.05) is 35.6 Å². The van der Waals surface area contributed by atoms with Gasteiger partial charge in [-0.25, -0.2) is 9.97 Å². The number of alkyl halides is 2. The quantitative estimate of drug-likeness (QED) is 0.305. The minimum atomic E-state index is -2.88. The smallest absolute Gasteiger partial charge is 0.387 e. The zero-order valence-electron chi connectivity index (χ0n) is 16.1. The number of nitrogens with zero attached hydrogens (tertiary/aromatic N) is 2. The Morgan fingerprint density at radius 3 is 2.55 bits per heavy atom. The molecule has 2 aromatic carbocycles. The average molecular weight is 441 g/mol. The highest BCUT2D eigenvalue weighted by Gasteiger charge is 2.20. The number of aromatic nitrogens is 2. The van der Waals surface area contributed by atoms with Gasteiger partial charge in [-0.15, -0.1) is 0 Å². The van der Waals surface area contributed by atoms with Crippen molar-refractivity contribution in [2.45, 2.75) is 24.1 Å². The summed E-state index contributed by atoms with van der Waals surface area (Å²) in [7, 11) is 0. The molecule has 2 aromatic heterocycles. The summed E-state index contributed by atoms with van der Waals surface area (Å²) in [6.45, 7) is -2.67. The summed E-state index contributed by atoms with van der Waals surface area (Å²) >= 11 is 1.41. The third-order valence-electron chi connectivity index (χ3n) is 4.39. The van der Waals surface area contributed by atoms with Crippen LogP contribution in [0.3, 0.4) is 0 Å². The average Bonchev–Trinajstić information content (AvgIpc) is 3.16. The van der Waals surface area contributed by atoms with E-state index in [2.05, 4.69) is 20.0 Å². The number of nitrogens with one attached hydrogen (secondary N) is 1. The van der Waals surface area contributed by atoms with Gasteiger partial charge in [0.1, 0.15) is 11.3 Å². The lowest BCUT2D eigenvalue weighted by atomic mass is 10.1. The van der Waals surface area contributed by atoms with Crippen LogP contribution in [0.4, 0.5) is 8.78 Å². The normalized spacial score (nSPS) is 11.1. The second-order valence-electron chi connectivity index (χ2n) is 6.43. The molecule has 0 unspecified atom stereocenters. The Labute approximate surface area is 180 Å². The largest absolute Gasteiger partial charge is 0.451 e. The molecule has 2 heterocycles. The number of ether oxygens (including phenoxy) is 1. The van der Waals surface area contributed by atoms with Crippen molar-refractivity contribution in [1.29, 1.82) is 0 Å². The van der Waals surface area contributed by atoms with E-state index in [-0.39, 0.29) is 24.0 Å². The molecule has 0 saturated heterocycles. The second kappa shape index (κ2) is 9.57. The molecule has 0 aliphatic rings. The maximum Gasteiger partial charge on any atom is 0.387 e. The predicted octanol–water partition coefficient (Wildman–Crippen LogP) is 5.05. The van der Waals surface area contributed by atoms with Crippen LogP contribution in [-0.2, 0) is 12.3 Å². The number of para-hydroxylation sites is 1. The van der Waals surface area contributed by atoms with Gasteiger partial charge in [0.05, 0.1) is 0 Å². The van der Waals surface area contributed by atoms with Gasteiger partial charge in [-0.05, 0) is 29.8 Å². The maximum atomic E-state index is 12.9. The summed E-state index contributed by atoms with van der Waals surface area (Å²) < 4.78 is 34.7. The molecule has 4 aromatic rings. The predicted molar refractivity (Wildman–Crippen MR) is 112 cm³/mol. The number of thioether (sulfide) groups is 1. The highest BCUT2D eigenvalue weighted by atomic mass is 32.2. The highest BCUT2D eigenvalue weighted by molar-refractivity contribution is 7.98. The lowest BCUT2D eigenvalue weighted by Crippen LogP contribution is -2.23. The number of hydrogen-bond donors (Lipinski definition) is 1. The molecular formula is C22H17F2N3O3S. The monoisotopic (exact) mass is 441 g/mol. The van der Waals surface area contributed by atoms with Gasteiger partial charge in [0.15, 0.2) is 10.9 Å². The summed E-state index contributed by atoms with van der Waals surface area (Å²) in [4.78, 5) is 21.3. The Morgan fingerprint density at radius 2 is 1.81 bits per heavy atom. The molecule has 0 spiro atoms. The number of fused-ring (bicyclic) bond motifs is 1. The standard InChI is InChI=1S/C22H17F2N3O3S/c23-21(24)29-15-8-6-14(7-9-15)12-27-20(28)19-17(13-31-22-25-10-3-11-26-22)16-4-1-2-5-18(16)30-19/h1-11,21H,12-13H2,(H,27,28). The summed E-state index contributed by atoms with van der Waals surface area (Å²) in [5.74, 6) is 0.379. The molecule has 0 aliphatic carbocycles. The van der Waals surface area contributed by atoms with Gasteiger partial charge in [-0.3, -0.25) is 4.79 Å². The van der Waals surface area contributed by atoms with Crippen LogP contribution >= 0.6 is 11.8 Å². The molecule has 31 heavy (non-hydrogen) atoms. The van der Waals surface area contributed by atoms with E-state index in [1.54, 1.807) is 36.7 Å². The van der Waals surface area contributed by atoms with Crippen molar-refractivity contribution in [1.82, 2.24) is 15.3 Å². The van der Waals surface area contributed by atoms with E-state index in [4.69, 9.17) is 4.42 Å². The van der Waals surface area contributed by atoms with Gasteiger partial charge < -0.3 is 14.5 Å².